The maximum atomic E-state index is 13.1. The lowest BCUT2D eigenvalue weighted by molar-refractivity contribution is -0.139. The fraction of sp³-hybridized carbons (Fsp3) is 0.200. The third-order valence-electron chi connectivity index (χ3n) is 5.76. The molecular weight excluding hydrogens is 452 g/mol. The number of nitrogens with zero attached hydrogens (tertiary/aromatic N) is 2. The van der Waals surface area contributed by atoms with E-state index in [4.69, 9.17) is 19.9 Å². The summed E-state index contributed by atoms with van der Waals surface area (Å²) in [4.78, 5) is 39.4. The van der Waals surface area contributed by atoms with Crippen LogP contribution < -0.4 is 20.7 Å². The first-order valence-corrected chi connectivity index (χ1v) is 10.6. The summed E-state index contributed by atoms with van der Waals surface area (Å²) in [5.74, 6) is -2.68. The number of nitriles is 1. The average molecular weight is 474 g/mol. The minimum atomic E-state index is -0.966. The molecule has 0 bridgehead atoms. The molecule has 4 rings (SSSR count). The highest BCUT2D eigenvalue weighted by molar-refractivity contribution is 6.06. The summed E-state index contributed by atoms with van der Waals surface area (Å²) in [5.41, 5.74) is 7.54. The van der Waals surface area contributed by atoms with Gasteiger partial charge in [-0.1, -0.05) is 30.3 Å². The van der Waals surface area contributed by atoms with Crippen molar-refractivity contribution in [3.05, 3.63) is 76.8 Å². The number of fused-ring (bicyclic) bond motifs is 1. The Labute approximate surface area is 201 Å². The van der Waals surface area contributed by atoms with Gasteiger partial charge < -0.3 is 25.3 Å². The number of rotatable bonds is 4. The molecule has 2 aliphatic heterocycles. The van der Waals surface area contributed by atoms with E-state index in [2.05, 4.69) is 11.4 Å². The molecule has 2 atom stereocenters. The summed E-state index contributed by atoms with van der Waals surface area (Å²) in [6, 6.07) is 15.5. The fourth-order valence-corrected chi connectivity index (χ4v) is 4.11. The van der Waals surface area contributed by atoms with Crippen molar-refractivity contribution in [2.24, 2.45) is 5.73 Å². The second-order valence-electron chi connectivity index (χ2n) is 7.77. The highest BCUT2D eigenvalue weighted by atomic mass is 16.5. The quantitative estimate of drug-likeness (QED) is 0.638. The zero-order valence-electron chi connectivity index (χ0n) is 19.2. The molecule has 2 heterocycles. The molecular formula is C25H22N4O6. The van der Waals surface area contributed by atoms with E-state index in [0.29, 0.717) is 22.7 Å². The number of carbonyl (C=O) groups excluding carboxylic acids is 3. The van der Waals surface area contributed by atoms with Crippen LogP contribution in [0.5, 0.6) is 5.75 Å². The van der Waals surface area contributed by atoms with Gasteiger partial charge in [0.25, 0.3) is 5.91 Å². The van der Waals surface area contributed by atoms with Gasteiger partial charge in [0.15, 0.2) is 6.10 Å². The van der Waals surface area contributed by atoms with E-state index < -0.39 is 24.0 Å². The Balaban J connectivity index is 2.00. The molecule has 2 unspecified atom stereocenters. The van der Waals surface area contributed by atoms with Crippen molar-refractivity contribution in [1.29, 1.82) is 5.26 Å². The van der Waals surface area contributed by atoms with E-state index >= 15 is 0 Å². The number of benzene rings is 2. The lowest BCUT2D eigenvalue weighted by atomic mass is 9.81. The summed E-state index contributed by atoms with van der Waals surface area (Å²) >= 11 is 0. The van der Waals surface area contributed by atoms with Crippen LogP contribution in [0.1, 0.15) is 18.4 Å². The Kier molecular flexibility index (Phi) is 6.16. The number of hydrogen-bond donors (Lipinski definition) is 2. The molecule has 0 radical (unpaired) electrons. The molecule has 0 saturated heterocycles. The molecule has 0 fully saturated rings. The maximum Gasteiger partial charge on any atom is 0.355 e. The second-order valence-corrected chi connectivity index (χ2v) is 7.77. The van der Waals surface area contributed by atoms with Crippen LogP contribution in [0.2, 0.25) is 0 Å². The van der Waals surface area contributed by atoms with Gasteiger partial charge in [-0.3, -0.25) is 9.69 Å². The van der Waals surface area contributed by atoms with Crippen LogP contribution in [0.25, 0.3) is 0 Å². The van der Waals surface area contributed by atoms with Gasteiger partial charge in [-0.25, -0.2) is 9.59 Å². The second kappa shape index (κ2) is 9.23. The molecule has 3 N–H and O–H groups in total. The molecule has 2 aliphatic rings. The number of amides is 1. The molecule has 10 nitrogen and oxygen atoms in total. The fourth-order valence-electron chi connectivity index (χ4n) is 4.11. The lowest BCUT2D eigenvalue weighted by Crippen LogP contribution is -2.41. The molecule has 2 aromatic rings. The SMILES string of the molecule is COC(=O)C1=C(C(=O)OC)N(c2ccc3c(c2)OC(C)C(=O)N3)C(N)=C(C#N)C1c1ccccc1. The molecule has 10 heteroatoms. The van der Waals surface area contributed by atoms with E-state index in [-0.39, 0.29) is 28.6 Å². The van der Waals surface area contributed by atoms with Crippen molar-refractivity contribution in [2.75, 3.05) is 24.4 Å². The number of hydrogen-bond acceptors (Lipinski definition) is 9. The Hall–Kier alpha value is -4.78. The third kappa shape index (κ3) is 3.93. The molecule has 178 valence electrons. The van der Waals surface area contributed by atoms with Gasteiger partial charge in [0, 0.05) is 6.07 Å². The van der Waals surface area contributed by atoms with Gasteiger partial charge in [0.05, 0.1) is 48.7 Å². The normalized spacial score (nSPS) is 19.3. The molecule has 0 spiro atoms. The van der Waals surface area contributed by atoms with E-state index in [1.165, 1.54) is 19.1 Å². The monoisotopic (exact) mass is 474 g/mol. The van der Waals surface area contributed by atoms with Crippen LogP contribution in [-0.4, -0.2) is 38.2 Å². The number of allylic oxidation sites excluding steroid dienone is 1. The topological polar surface area (TPSA) is 144 Å². The van der Waals surface area contributed by atoms with Crippen LogP contribution in [0.4, 0.5) is 11.4 Å². The Morgan fingerprint density at radius 3 is 2.43 bits per heavy atom. The first-order chi connectivity index (χ1) is 16.8. The molecule has 2 aromatic carbocycles. The maximum absolute atomic E-state index is 13.1. The van der Waals surface area contributed by atoms with Crippen molar-refractivity contribution < 1.29 is 28.6 Å². The predicted molar refractivity (Wildman–Crippen MR) is 125 cm³/mol. The number of nitrogens with two attached hydrogens (primary N) is 1. The zero-order valence-corrected chi connectivity index (χ0v) is 19.2. The van der Waals surface area contributed by atoms with Gasteiger partial charge in [-0.15, -0.1) is 0 Å². The highest BCUT2D eigenvalue weighted by Gasteiger charge is 2.43. The Morgan fingerprint density at radius 2 is 1.80 bits per heavy atom. The smallest absolute Gasteiger partial charge is 0.355 e. The predicted octanol–water partition coefficient (Wildman–Crippen LogP) is 2.30. The van der Waals surface area contributed by atoms with Crippen LogP contribution in [0.15, 0.2) is 71.2 Å². The zero-order chi connectivity index (χ0) is 25.3. The minimum absolute atomic E-state index is 0.0459. The molecule has 1 amide bonds. The van der Waals surface area contributed by atoms with Crippen LogP contribution in [0, 0.1) is 11.3 Å². The number of methoxy groups -OCH3 is 2. The summed E-state index contributed by atoms with van der Waals surface area (Å²) in [7, 11) is 2.36. The first-order valence-electron chi connectivity index (χ1n) is 10.6. The van der Waals surface area contributed by atoms with E-state index in [1.54, 1.807) is 55.5 Å². The summed E-state index contributed by atoms with van der Waals surface area (Å²) in [6.45, 7) is 1.59. The molecule has 0 aromatic heterocycles. The number of carbonyl (C=O) groups is 3. The summed E-state index contributed by atoms with van der Waals surface area (Å²) in [6.07, 6.45) is -0.745. The van der Waals surface area contributed by atoms with Crippen LogP contribution in [0.3, 0.4) is 0 Å². The summed E-state index contributed by atoms with van der Waals surface area (Å²) in [5, 5.41) is 12.8. The van der Waals surface area contributed by atoms with Crippen molar-refractivity contribution in [1.82, 2.24) is 0 Å². The van der Waals surface area contributed by atoms with Crippen molar-refractivity contribution >= 4 is 29.2 Å². The van der Waals surface area contributed by atoms with E-state index in [1.807, 2.05) is 0 Å². The highest BCUT2D eigenvalue weighted by Crippen LogP contribution is 2.44. The van der Waals surface area contributed by atoms with Crippen molar-refractivity contribution in [2.45, 2.75) is 18.9 Å². The first kappa shape index (κ1) is 23.4. The number of ether oxygens (including phenoxy) is 3. The van der Waals surface area contributed by atoms with Crippen molar-refractivity contribution in [3.8, 4) is 11.8 Å². The third-order valence-corrected chi connectivity index (χ3v) is 5.76. The number of nitrogens with one attached hydrogen (secondary N) is 1. The molecule has 0 saturated carbocycles. The van der Waals surface area contributed by atoms with Gasteiger partial charge >= 0.3 is 11.9 Å². The van der Waals surface area contributed by atoms with Gasteiger partial charge in [0.2, 0.25) is 0 Å². The minimum Gasteiger partial charge on any atom is -0.479 e. The summed E-state index contributed by atoms with van der Waals surface area (Å²) < 4.78 is 15.7. The van der Waals surface area contributed by atoms with Gasteiger partial charge in [0.1, 0.15) is 17.3 Å². The number of anilines is 2. The largest absolute Gasteiger partial charge is 0.479 e. The van der Waals surface area contributed by atoms with E-state index in [9.17, 15) is 19.6 Å². The van der Waals surface area contributed by atoms with Crippen molar-refractivity contribution in [3.63, 3.8) is 0 Å². The van der Waals surface area contributed by atoms with Gasteiger partial charge in [-0.2, -0.15) is 5.26 Å². The lowest BCUT2D eigenvalue weighted by Gasteiger charge is -2.36. The number of esters is 2. The van der Waals surface area contributed by atoms with Crippen LogP contribution >= 0.6 is 0 Å². The van der Waals surface area contributed by atoms with E-state index in [0.717, 1.165) is 0 Å². The average Bonchev–Trinajstić information content (AvgIpc) is 2.88. The van der Waals surface area contributed by atoms with Crippen LogP contribution in [-0.2, 0) is 23.9 Å². The van der Waals surface area contributed by atoms with Gasteiger partial charge in [-0.05, 0) is 24.6 Å². The molecule has 0 aliphatic carbocycles. The Morgan fingerprint density at radius 1 is 1.11 bits per heavy atom. The Bertz CT molecular complexity index is 1330. The molecule has 35 heavy (non-hydrogen) atoms. The standard InChI is InChI=1S/C25H22N4O6/c1-13-23(30)28-17-10-9-15(11-18(17)35-13)29-21(25(32)34-3)20(24(31)33-2)19(16(12-26)22(29)27)14-7-5-4-6-8-14/h4-11,13,19H,27H2,1-3H3,(H,28,30).